The maximum Gasteiger partial charge on any atom is 0.261 e. The van der Waals surface area contributed by atoms with Crippen molar-refractivity contribution in [1.29, 1.82) is 0 Å². The molecular weight excluding hydrogens is 346 g/mol. The lowest BCUT2D eigenvalue weighted by molar-refractivity contribution is -0.116. The van der Waals surface area contributed by atoms with Crippen molar-refractivity contribution in [2.45, 2.75) is 20.4 Å². The van der Waals surface area contributed by atoms with E-state index in [1.165, 1.54) is 18.0 Å². The van der Waals surface area contributed by atoms with Crippen LogP contribution in [0.4, 0.5) is 5.69 Å². The molecule has 140 valence electrons. The SMILES string of the molecule is COc1cc(C)c(NC(=O)Cn2cnc3c(C)cccc3c2=O)cc1OC. The standard InChI is InChI=1S/C20H21N3O4/c1-12-6-5-7-14-19(12)21-11-23(20(14)25)10-18(24)22-15-9-17(27-4)16(26-3)8-13(15)2/h5-9,11H,10H2,1-4H3,(H,22,24). The van der Waals surface area contributed by atoms with Gasteiger partial charge < -0.3 is 14.8 Å². The average Bonchev–Trinajstić information content (AvgIpc) is 2.65. The zero-order valence-corrected chi connectivity index (χ0v) is 15.7. The second-order valence-electron chi connectivity index (χ2n) is 6.22. The fraction of sp³-hybridized carbons (Fsp3) is 0.250. The van der Waals surface area contributed by atoms with Gasteiger partial charge in [-0.15, -0.1) is 0 Å². The summed E-state index contributed by atoms with van der Waals surface area (Å²) in [7, 11) is 3.08. The number of para-hydroxylation sites is 1. The molecule has 3 rings (SSSR count). The molecule has 3 aromatic rings. The Labute approximate surface area is 156 Å². The van der Waals surface area contributed by atoms with Crippen LogP contribution in [0, 0.1) is 13.8 Å². The monoisotopic (exact) mass is 367 g/mol. The number of carbonyl (C=O) groups excluding carboxylic acids is 1. The first kappa shape index (κ1) is 18.4. The summed E-state index contributed by atoms with van der Waals surface area (Å²) in [6, 6.07) is 8.88. The largest absolute Gasteiger partial charge is 0.493 e. The van der Waals surface area contributed by atoms with E-state index in [0.29, 0.717) is 28.1 Å². The number of hydrogen-bond acceptors (Lipinski definition) is 5. The Kier molecular flexibility index (Phi) is 5.12. The van der Waals surface area contributed by atoms with Crippen LogP contribution in [0.1, 0.15) is 11.1 Å². The number of hydrogen-bond donors (Lipinski definition) is 1. The molecule has 1 heterocycles. The zero-order valence-electron chi connectivity index (χ0n) is 15.7. The lowest BCUT2D eigenvalue weighted by atomic mass is 10.1. The molecule has 0 radical (unpaired) electrons. The summed E-state index contributed by atoms with van der Waals surface area (Å²) < 4.78 is 11.8. The maximum absolute atomic E-state index is 12.6. The number of nitrogens with one attached hydrogen (secondary N) is 1. The van der Waals surface area contributed by atoms with Crippen LogP contribution in [0.5, 0.6) is 11.5 Å². The van der Waals surface area contributed by atoms with Crippen LogP contribution < -0.4 is 20.3 Å². The third-order valence-electron chi connectivity index (χ3n) is 4.37. The smallest absolute Gasteiger partial charge is 0.261 e. The highest BCUT2D eigenvalue weighted by Gasteiger charge is 2.13. The second kappa shape index (κ2) is 7.49. The van der Waals surface area contributed by atoms with Gasteiger partial charge in [0.05, 0.1) is 31.4 Å². The van der Waals surface area contributed by atoms with E-state index in [9.17, 15) is 9.59 Å². The van der Waals surface area contributed by atoms with E-state index in [0.717, 1.165) is 11.1 Å². The number of rotatable bonds is 5. The Morgan fingerprint density at radius 3 is 2.52 bits per heavy atom. The number of aryl methyl sites for hydroxylation is 2. The summed E-state index contributed by atoms with van der Waals surface area (Å²) in [5, 5.41) is 3.30. The van der Waals surface area contributed by atoms with E-state index in [2.05, 4.69) is 10.3 Å². The number of nitrogens with zero attached hydrogens (tertiary/aromatic N) is 2. The van der Waals surface area contributed by atoms with Gasteiger partial charge in [0, 0.05) is 11.8 Å². The van der Waals surface area contributed by atoms with Crippen LogP contribution in [0.15, 0.2) is 41.5 Å². The van der Waals surface area contributed by atoms with Crippen molar-refractivity contribution in [3.05, 3.63) is 58.1 Å². The summed E-state index contributed by atoms with van der Waals surface area (Å²) in [6.45, 7) is 3.61. The first-order valence-corrected chi connectivity index (χ1v) is 8.42. The molecule has 1 aromatic heterocycles. The minimum absolute atomic E-state index is 0.135. The molecule has 2 aromatic carbocycles. The van der Waals surface area contributed by atoms with Crippen LogP contribution in [0.2, 0.25) is 0 Å². The van der Waals surface area contributed by atoms with Crippen molar-refractivity contribution < 1.29 is 14.3 Å². The van der Waals surface area contributed by atoms with Crippen molar-refractivity contribution in [3.8, 4) is 11.5 Å². The molecule has 0 unspecified atom stereocenters. The maximum atomic E-state index is 12.6. The second-order valence-corrected chi connectivity index (χ2v) is 6.22. The molecular formula is C20H21N3O4. The number of ether oxygens (including phenoxy) is 2. The number of amides is 1. The topological polar surface area (TPSA) is 82.5 Å². The highest BCUT2D eigenvalue weighted by atomic mass is 16.5. The predicted molar refractivity (Wildman–Crippen MR) is 104 cm³/mol. The fourth-order valence-electron chi connectivity index (χ4n) is 2.91. The van der Waals surface area contributed by atoms with E-state index in [-0.39, 0.29) is 18.0 Å². The van der Waals surface area contributed by atoms with E-state index in [1.54, 1.807) is 31.4 Å². The molecule has 27 heavy (non-hydrogen) atoms. The highest BCUT2D eigenvalue weighted by molar-refractivity contribution is 5.92. The lowest BCUT2D eigenvalue weighted by Gasteiger charge is -2.14. The van der Waals surface area contributed by atoms with E-state index < -0.39 is 0 Å². The van der Waals surface area contributed by atoms with Crippen LogP contribution in [-0.2, 0) is 11.3 Å². The quantitative estimate of drug-likeness (QED) is 0.750. The normalized spacial score (nSPS) is 10.7. The minimum atomic E-state index is -0.332. The Morgan fingerprint density at radius 1 is 1.11 bits per heavy atom. The van der Waals surface area contributed by atoms with Crippen LogP contribution >= 0.6 is 0 Å². The summed E-state index contributed by atoms with van der Waals surface area (Å²) in [6.07, 6.45) is 1.40. The van der Waals surface area contributed by atoms with Gasteiger partial charge in [-0.05, 0) is 37.1 Å². The molecule has 0 fully saturated rings. The minimum Gasteiger partial charge on any atom is -0.493 e. The van der Waals surface area contributed by atoms with Gasteiger partial charge in [-0.3, -0.25) is 14.2 Å². The van der Waals surface area contributed by atoms with E-state index >= 15 is 0 Å². The first-order valence-electron chi connectivity index (χ1n) is 8.42. The summed E-state index contributed by atoms with van der Waals surface area (Å²) >= 11 is 0. The number of aromatic nitrogens is 2. The molecule has 0 atom stereocenters. The molecule has 7 nitrogen and oxygen atoms in total. The highest BCUT2D eigenvalue weighted by Crippen LogP contribution is 2.32. The number of benzene rings is 2. The molecule has 0 saturated heterocycles. The molecule has 7 heteroatoms. The van der Waals surface area contributed by atoms with Crippen molar-refractivity contribution >= 4 is 22.5 Å². The summed E-state index contributed by atoms with van der Waals surface area (Å²) in [5.41, 5.74) is 2.73. The molecule has 1 N–H and O–H groups in total. The Morgan fingerprint density at radius 2 is 1.81 bits per heavy atom. The van der Waals surface area contributed by atoms with E-state index in [4.69, 9.17) is 9.47 Å². The Bertz CT molecular complexity index is 1070. The van der Waals surface area contributed by atoms with Crippen LogP contribution in [0.25, 0.3) is 10.9 Å². The first-order chi connectivity index (χ1) is 12.9. The zero-order chi connectivity index (χ0) is 19.6. The van der Waals surface area contributed by atoms with Gasteiger partial charge >= 0.3 is 0 Å². The van der Waals surface area contributed by atoms with Crippen molar-refractivity contribution in [2.75, 3.05) is 19.5 Å². The number of methoxy groups -OCH3 is 2. The summed E-state index contributed by atoms with van der Waals surface area (Å²) in [4.78, 5) is 29.4. The van der Waals surface area contributed by atoms with Gasteiger partial charge in [0.2, 0.25) is 5.91 Å². The van der Waals surface area contributed by atoms with Gasteiger partial charge in [0.25, 0.3) is 5.56 Å². The third kappa shape index (κ3) is 3.62. The van der Waals surface area contributed by atoms with Crippen molar-refractivity contribution in [3.63, 3.8) is 0 Å². The molecule has 0 spiro atoms. The lowest BCUT2D eigenvalue weighted by Crippen LogP contribution is -2.28. The van der Waals surface area contributed by atoms with E-state index in [1.807, 2.05) is 19.9 Å². The fourth-order valence-corrected chi connectivity index (χ4v) is 2.91. The Balaban J connectivity index is 1.86. The van der Waals surface area contributed by atoms with Crippen molar-refractivity contribution in [2.24, 2.45) is 0 Å². The van der Waals surface area contributed by atoms with Gasteiger partial charge in [-0.25, -0.2) is 4.98 Å². The number of anilines is 1. The average molecular weight is 367 g/mol. The molecule has 1 amide bonds. The molecule has 0 saturated carbocycles. The van der Waals surface area contributed by atoms with Gasteiger partial charge in [-0.1, -0.05) is 12.1 Å². The van der Waals surface area contributed by atoms with Crippen molar-refractivity contribution in [1.82, 2.24) is 9.55 Å². The molecule has 0 aliphatic heterocycles. The Hall–Kier alpha value is -3.35. The molecule has 0 bridgehead atoms. The predicted octanol–water partition coefficient (Wildman–Crippen LogP) is 2.67. The summed E-state index contributed by atoms with van der Waals surface area (Å²) in [5.74, 6) is 0.762. The molecule has 0 aliphatic carbocycles. The molecule has 0 aliphatic rings. The van der Waals surface area contributed by atoms with Gasteiger partial charge in [0.1, 0.15) is 6.54 Å². The third-order valence-corrected chi connectivity index (χ3v) is 4.37. The van der Waals surface area contributed by atoms with Gasteiger partial charge in [0.15, 0.2) is 11.5 Å². The number of fused-ring (bicyclic) bond motifs is 1. The number of carbonyl (C=O) groups is 1. The van der Waals surface area contributed by atoms with Crippen LogP contribution in [-0.4, -0.2) is 29.7 Å². The van der Waals surface area contributed by atoms with Crippen LogP contribution in [0.3, 0.4) is 0 Å². The van der Waals surface area contributed by atoms with Gasteiger partial charge in [-0.2, -0.15) is 0 Å².